The van der Waals surface area contributed by atoms with Crippen LogP contribution in [-0.4, -0.2) is 46.4 Å². The number of pyridine rings is 1. The van der Waals surface area contributed by atoms with Gasteiger partial charge in [0.05, 0.1) is 23.9 Å². The molecule has 4 nitrogen and oxygen atoms in total. The average molecular weight is 310 g/mol. The van der Waals surface area contributed by atoms with Gasteiger partial charge in [-0.1, -0.05) is 11.6 Å². The second-order valence-corrected chi connectivity index (χ2v) is 4.60. The van der Waals surface area contributed by atoms with E-state index in [0.717, 1.165) is 10.2 Å². The number of rotatable bonds is 6. The molecule has 0 amide bonds. The second kappa shape index (κ2) is 7.19. The third kappa shape index (κ3) is 4.35. The summed E-state index contributed by atoms with van der Waals surface area (Å²) in [7, 11) is 0. The molecule has 2 N–H and O–H groups in total. The highest BCUT2D eigenvalue weighted by molar-refractivity contribution is 9.10. The first kappa shape index (κ1) is 13.9. The Hall–Kier alpha value is -0.200. The lowest BCUT2D eigenvalue weighted by molar-refractivity contribution is 0.154. The fourth-order valence-corrected chi connectivity index (χ4v) is 2.09. The fourth-order valence-electron chi connectivity index (χ4n) is 1.32. The number of nitrogens with zero attached hydrogens (tertiary/aromatic N) is 2. The van der Waals surface area contributed by atoms with Crippen LogP contribution in [0.1, 0.15) is 5.69 Å². The molecule has 0 bridgehead atoms. The van der Waals surface area contributed by atoms with E-state index in [1.54, 1.807) is 12.3 Å². The molecule has 0 saturated heterocycles. The van der Waals surface area contributed by atoms with Gasteiger partial charge in [0.15, 0.2) is 0 Å². The summed E-state index contributed by atoms with van der Waals surface area (Å²) >= 11 is 9.17. The number of hydrogen-bond donors (Lipinski definition) is 2. The molecule has 0 saturated carbocycles. The van der Waals surface area contributed by atoms with Crippen molar-refractivity contribution in [3.63, 3.8) is 0 Å². The maximum absolute atomic E-state index is 8.88. The van der Waals surface area contributed by atoms with E-state index in [1.165, 1.54) is 0 Å². The summed E-state index contributed by atoms with van der Waals surface area (Å²) in [5.74, 6) is 0. The van der Waals surface area contributed by atoms with Crippen molar-refractivity contribution in [1.82, 2.24) is 9.88 Å². The van der Waals surface area contributed by atoms with Crippen molar-refractivity contribution in [3.05, 3.63) is 27.5 Å². The molecule has 0 atom stereocenters. The molecule has 90 valence electrons. The van der Waals surface area contributed by atoms with Gasteiger partial charge in [0.1, 0.15) is 0 Å². The number of aliphatic hydroxyl groups is 2. The van der Waals surface area contributed by atoms with E-state index in [2.05, 4.69) is 20.9 Å². The summed E-state index contributed by atoms with van der Waals surface area (Å²) < 4.78 is 0.834. The molecule has 1 aromatic heterocycles. The second-order valence-electron chi connectivity index (χ2n) is 3.31. The van der Waals surface area contributed by atoms with E-state index in [9.17, 15) is 0 Å². The summed E-state index contributed by atoms with van der Waals surface area (Å²) in [6.45, 7) is 1.71. The molecule has 0 unspecified atom stereocenters. The minimum atomic E-state index is 0.0607. The van der Waals surface area contributed by atoms with Crippen molar-refractivity contribution in [2.45, 2.75) is 6.54 Å². The lowest BCUT2D eigenvalue weighted by atomic mass is 10.3. The van der Waals surface area contributed by atoms with Crippen LogP contribution in [0.2, 0.25) is 5.02 Å². The topological polar surface area (TPSA) is 56.6 Å². The lowest BCUT2D eigenvalue weighted by Crippen LogP contribution is -2.29. The zero-order chi connectivity index (χ0) is 12.0. The molecule has 0 spiro atoms. The predicted molar refractivity (Wildman–Crippen MR) is 66.4 cm³/mol. The van der Waals surface area contributed by atoms with Gasteiger partial charge in [-0.15, -0.1) is 0 Å². The van der Waals surface area contributed by atoms with Gasteiger partial charge < -0.3 is 10.2 Å². The summed E-state index contributed by atoms with van der Waals surface area (Å²) in [4.78, 5) is 6.12. The van der Waals surface area contributed by atoms with Crippen molar-refractivity contribution < 1.29 is 10.2 Å². The van der Waals surface area contributed by atoms with Crippen molar-refractivity contribution in [3.8, 4) is 0 Å². The third-order valence-electron chi connectivity index (χ3n) is 2.09. The van der Waals surface area contributed by atoms with Gasteiger partial charge >= 0.3 is 0 Å². The summed E-state index contributed by atoms with van der Waals surface area (Å²) in [5, 5.41) is 18.3. The smallest absolute Gasteiger partial charge is 0.0686 e. The third-order valence-corrected chi connectivity index (χ3v) is 2.98. The Balaban J connectivity index is 2.68. The number of aliphatic hydroxyl groups excluding tert-OH is 2. The highest BCUT2D eigenvalue weighted by Crippen LogP contribution is 2.20. The van der Waals surface area contributed by atoms with Crippen LogP contribution >= 0.6 is 27.5 Å². The molecule has 1 heterocycles. The van der Waals surface area contributed by atoms with E-state index in [4.69, 9.17) is 21.8 Å². The van der Waals surface area contributed by atoms with Crippen molar-refractivity contribution in [1.29, 1.82) is 0 Å². The van der Waals surface area contributed by atoms with Crippen LogP contribution in [0.5, 0.6) is 0 Å². The highest BCUT2D eigenvalue weighted by atomic mass is 79.9. The van der Waals surface area contributed by atoms with E-state index in [1.807, 2.05) is 4.90 Å². The van der Waals surface area contributed by atoms with Crippen molar-refractivity contribution in [2.24, 2.45) is 0 Å². The molecule has 0 aromatic carbocycles. The van der Waals surface area contributed by atoms with E-state index in [-0.39, 0.29) is 13.2 Å². The standard InChI is InChI=1S/C10H14BrClN2O2/c11-9-5-8(12)6-13-10(9)7-14(1-3-15)2-4-16/h5-6,15-16H,1-4,7H2. The average Bonchev–Trinajstić information content (AvgIpc) is 2.23. The zero-order valence-corrected chi connectivity index (χ0v) is 11.1. The first-order valence-corrected chi connectivity index (χ1v) is 6.08. The van der Waals surface area contributed by atoms with Gasteiger partial charge in [-0.2, -0.15) is 0 Å². The molecule has 0 aliphatic carbocycles. The van der Waals surface area contributed by atoms with Crippen LogP contribution in [-0.2, 0) is 6.54 Å². The minimum absolute atomic E-state index is 0.0607. The van der Waals surface area contributed by atoms with Crippen LogP contribution in [0.25, 0.3) is 0 Å². The summed E-state index contributed by atoms with van der Waals surface area (Å²) in [6, 6.07) is 1.78. The maximum Gasteiger partial charge on any atom is 0.0686 e. The Morgan fingerprint density at radius 1 is 1.31 bits per heavy atom. The molecule has 6 heteroatoms. The summed E-state index contributed by atoms with van der Waals surface area (Å²) in [6.07, 6.45) is 1.58. The normalized spacial score (nSPS) is 11.1. The first-order valence-electron chi connectivity index (χ1n) is 4.91. The molecule has 16 heavy (non-hydrogen) atoms. The molecule has 1 aromatic rings. The molecule has 0 aliphatic rings. The fraction of sp³-hybridized carbons (Fsp3) is 0.500. The van der Waals surface area contributed by atoms with Crippen LogP contribution in [0.15, 0.2) is 16.7 Å². The number of hydrogen-bond acceptors (Lipinski definition) is 4. The number of aromatic nitrogens is 1. The van der Waals surface area contributed by atoms with Gasteiger partial charge in [0, 0.05) is 30.3 Å². The Morgan fingerprint density at radius 2 is 1.94 bits per heavy atom. The van der Waals surface area contributed by atoms with E-state index >= 15 is 0 Å². The van der Waals surface area contributed by atoms with E-state index < -0.39 is 0 Å². The minimum Gasteiger partial charge on any atom is -0.395 e. The molecule has 1 rings (SSSR count). The lowest BCUT2D eigenvalue weighted by Gasteiger charge is -2.20. The van der Waals surface area contributed by atoms with Crippen LogP contribution in [0.3, 0.4) is 0 Å². The summed E-state index contributed by atoms with van der Waals surface area (Å²) in [5.41, 5.74) is 0.839. The molecule has 0 radical (unpaired) electrons. The van der Waals surface area contributed by atoms with Gasteiger partial charge in [0.2, 0.25) is 0 Å². The molecular formula is C10H14BrClN2O2. The Bertz CT molecular complexity index is 333. The first-order chi connectivity index (χ1) is 7.67. The Labute approximate surface area is 108 Å². The van der Waals surface area contributed by atoms with Crippen molar-refractivity contribution >= 4 is 27.5 Å². The van der Waals surface area contributed by atoms with Gasteiger partial charge in [0.25, 0.3) is 0 Å². The zero-order valence-electron chi connectivity index (χ0n) is 8.74. The van der Waals surface area contributed by atoms with Crippen LogP contribution < -0.4 is 0 Å². The van der Waals surface area contributed by atoms with Gasteiger partial charge in [-0.05, 0) is 22.0 Å². The Morgan fingerprint density at radius 3 is 2.44 bits per heavy atom. The SMILES string of the molecule is OCCN(CCO)Cc1ncc(Cl)cc1Br. The predicted octanol–water partition coefficient (Wildman–Crippen LogP) is 1.28. The quantitative estimate of drug-likeness (QED) is 0.831. The molecule has 0 fully saturated rings. The van der Waals surface area contributed by atoms with Gasteiger partial charge in [-0.25, -0.2) is 0 Å². The monoisotopic (exact) mass is 308 g/mol. The van der Waals surface area contributed by atoms with Crippen molar-refractivity contribution in [2.75, 3.05) is 26.3 Å². The largest absolute Gasteiger partial charge is 0.395 e. The van der Waals surface area contributed by atoms with E-state index in [0.29, 0.717) is 24.7 Å². The van der Waals surface area contributed by atoms with Crippen LogP contribution in [0, 0.1) is 0 Å². The highest BCUT2D eigenvalue weighted by Gasteiger charge is 2.09. The maximum atomic E-state index is 8.88. The Kier molecular flexibility index (Phi) is 6.23. The van der Waals surface area contributed by atoms with Gasteiger partial charge in [-0.3, -0.25) is 9.88 Å². The molecular weight excluding hydrogens is 295 g/mol. The van der Waals surface area contributed by atoms with Crippen LogP contribution in [0.4, 0.5) is 0 Å². The molecule has 0 aliphatic heterocycles. The number of halogens is 2.